The summed E-state index contributed by atoms with van der Waals surface area (Å²) in [5.41, 5.74) is 6.81. The minimum absolute atomic E-state index is 0.743. The van der Waals surface area contributed by atoms with Gasteiger partial charge in [-0.05, 0) is 47.4 Å². The van der Waals surface area contributed by atoms with Crippen molar-refractivity contribution in [1.82, 2.24) is 9.88 Å². The number of nitrogens with two attached hydrogens (primary N) is 1. The molecule has 0 spiro atoms. The van der Waals surface area contributed by atoms with Crippen LogP contribution in [0.5, 0.6) is 0 Å². The molecule has 1 fully saturated rings. The predicted molar refractivity (Wildman–Crippen MR) is 79.0 cm³/mol. The number of pyridine rings is 1. The fourth-order valence-corrected chi connectivity index (χ4v) is 3.06. The standard InChI is InChI=1S/C13H21BrN4/c1-11-9-12(14)13(16-10-11)18-5-2-4-17(6-3-15)7-8-18/h9-10H,2-8,15H2,1H3. The Kier molecular flexibility index (Phi) is 4.97. The van der Waals surface area contributed by atoms with E-state index in [4.69, 9.17) is 5.73 Å². The Bertz CT molecular complexity index is 397. The van der Waals surface area contributed by atoms with Crippen molar-refractivity contribution >= 4 is 21.7 Å². The van der Waals surface area contributed by atoms with Crippen molar-refractivity contribution in [3.63, 3.8) is 0 Å². The summed E-state index contributed by atoms with van der Waals surface area (Å²) in [6, 6.07) is 2.13. The molecule has 1 saturated heterocycles. The summed E-state index contributed by atoms with van der Waals surface area (Å²) in [5.74, 6) is 1.06. The van der Waals surface area contributed by atoms with Crippen molar-refractivity contribution in [3.05, 3.63) is 22.3 Å². The molecule has 0 radical (unpaired) electrons. The van der Waals surface area contributed by atoms with Crippen LogP contribution in [0.2, 0.25) is 0 Å². The number of hydrogen-bond acceptors (Lipinski definition) is 4. The van der Waals surface area contributed by atoms with Crippen LogP contribution in [-0.2, 0) is 0 Å². The first kappa shape index (κ1) is 13.8. The molecule has 100 valence electrons. The zero-order valence-corrected chi connectivity index (χ0v) is 12.5. The molecule has 0 amide bonds. The number of hydrogen-bond donors (Lipinski definition) is 1. The Morgan fingerprint density at radius 1 is 1.33 bits per heavy atom. The van der Waals surface area contributed by atoms with E-state index in [9.17, 15) is 0 Å². The molecular formula is C13H21BrN4. The average molecular weight is 313 g/mol. The van der Waals surface area contributed by atoms with Gasteiger partial charge in [-0.3, -0.25) is 0 Å². The summed E-state index contributed by atoms with van der Waals surface area (Å²) in [5, 5.41) is 0. The summed E-state index contributed by atoms with van der Waals surface area (Å²) >= 11 is 3.62. The van der Waals surface area contributed by atoms with E-state index in [2.05, 4.69) is 43.7 Å². The number of aromatic nitrogens is 1. The maximum absolute atomic E-state index is 5.62. The minimum atomic E-state index is 0.743. The lowest BCUT2D eigenvalue weighted by Gasteiger charge is -2.23. The molecule has 1 aromatic rings. The van der Waals surface area contributed by atoms with Gasteiger partial charge < -0.3 is 15.5 Å². The highest BCUT2D eigenvalue weighted by molar-refractivity contribution is 9.10. The van der Waals surface area contributed by atoms with Crippen LogP contribution in [0.1, 0.15) is 12.0 Å². The Hall–Kier alpha value is -0.650. The summed E-state index contributed by atoms with van der Waals surface area (Å²) in [7, 11) is 0. The predicted octanol–water partition coefficient (Wildman–Crippen LogP) is 1.62. The smallest absolute Gasteiger partial charge is 0.142 e. The van der Waals surface area contributed by atoms with Gasteiger partial charge in [0.15, 0.2) is 0 Å². The zero-order valence-electron chi connectivity index (χ0n) is 10.9. The van der Waals surface area contributed by atoms with Crippen LogP contribution in [0.15, 0.2) is 16.7 Å². The molecule has 1 aliphatic rings. The van der Waals surface area contributed by atoms with E-state index in [-0.39, 0.29) is 0 Å². The third kappa shape index (κ3) is 3.43. The molecule has 2 N–H and O–H groups in total. The number of aryl methyl sites for hydroxylation is 1. The molecular weight excluding hydrogens is 292 g/mol. The monoisotopic (exact) mass is 312 g/mol. The number of rotatable bonds is 3. The van der Waals surface area contributed by atoms with E-state index in [0.717, 1.165) is 49.6 Å². The molecule has 2 rings (SSSR count). The van der Waals surface area contributed by atoms with Crippen LogP contribution in [0.4, 0.5) is 5.82 Å². The van der Waals surface area contributed by atoms with Gasteiger partial charge in [0, 0.05) is 38.9 Å². The second-order valence-corrected chi connectivity index (χ2v) is 5.64. The number of anilines is 1. The van der Waals surface area contributed by atoms with E-state index >= 15 is 0 Å². The molecule has 5 heteroatoms. The molecule has 1 aromatic heterocycles. The van der Waals surface area contributed by atoms with Crippen LogP contribution in [0.3, 0.4) is 0 Å². The first-order valence-corrected chi connectivity index (χ1v) is 7.29. The average Bonchev–Trinajstić information content (AvgIpc) is 2.55. The maximum atomic E-state index is 5.62. The lowest BCUT2D eigenvalue weighted by Crippen LogP contribution is -2.34. The van der Waals surface area contributed by atoms with Crippen LogP contribution in [0.25, 0.3) is 0 Å². The van der Waals surface area contributed by atoms with Crippen molar-refractivity contribution in [2.24, 2.45) is 5.73 Å². The highest BCUT2D eigenvalue weighted by atomic mass is 79.9. The molecule has 0 atom stereocenters. The fourth-order valence-electron chi connectivity index (χ4n) is 2.35. The molecule has 4 nitrogen and oxygen atoms in total. The van der Waals surface area contributed by atoms with E-state index < -0.39 is 0 Å². The van der Waals surface area contributed by atoms with Gasteiger partial charge in [0.05, 0.1) is 4.47 Å². The second-order valence-electron chi connectivity index (χ2n) is 4.79. The Morgan fingerprint density at radius 2 is 2.17 bits per heavy atom. The van der Waals surface area contributed by atoms with Crippen LogP contribution >= 0.6 is 15.9 Å². The van der Waals surface area contributed by atoms with Gasteiger partial charge in [-0.1, -0.05) is 0 Å². The summed E-state index contributed by atoms with van der Waals surface area (Å²) in [4.78, 5) is 9.34. The van der Waals surface area contributed by atoms with Crippen molar-refractivity contribution in [2.45, 2.75) is 13.3 Å². The van der Waals surface area contributed by atoms with Crippen molar-refractivity contribution < 1.29 is 0 Å². The first-order chi connectivity index (χ1) is 8.70. The Morgan fingerprint density at radius 3 is 2.89 bits per heavy atom. The van der Waals surface area contributed by atoms with Gasteiger partial charge in [-0.15, -0.1) is 0 Å². The van der Waals surface area contributed by atoms with Crippen molar-refractivity contribution in [2.75, 3.05) is 44.2 Å². The van der Waals surface area contributed by atoms with E-state index in [1.807, 2.05) is 6.20 Å². The number of nitrogens with zero attached hydrogens (tertiary/aromatic N) is 3. The van der Waals surface area contributed by atoms with E-state index in [1.165, 1.54) is 12.0 Å². The van der Waals surface area contributed by atoms with Gasteiger partial charge in [-0.25, -0.2) is 4.98 Å². The summed E-state index contributed by atoms with van der Waals surface area (Å²) < 4.78 is 1.09. The fraction of sp³-hybridized carbons (Fsp3) is 0.615. The third-order valence-corrected chi connectivity index (χ3v) is 3.88. The molecule has 0 saturated carbocycles. The minimum Gasteiger partial charge on any atom is -0.354 e. The van der Waals surface area contributed by atoms with Gasteiger partial charge >= 0.3 is 0 Å². The largest absolute Gasteiger partial charge is 0.354 e. The van der Waals surface area contributed by atoms with Crippen LogP contribution in [0, 0.1) is 6.92 Å². The SMILES string of the molecule is Cc1cnc(N2CCCN(CCN)CC2)c(Br)c1. The normalized spacial score (nSPS) is 17.8. The number of halogens is 1. The van der Waals surface area contributed by atoms with Gasteiger partial charge in [0.2, 0.25) is 0 Å². The molecule has 2 heterocycles. The van der Waals surface area contributed by atoms with E-state index in [0.29, 0.717) is 0 Å². The van der Waals surface area contributed by atoms with Crippen LogP contribution in [-0.4, -0.2) is 49.2 Å². The van der Waals surface area contributed by atoms with E-state index in [1.54, 1.807) is 0 Å². The Labute approximate surface area is 117 Å². The van der Waals surface area contributed by atoms with Gasteiger partial charge in [0.1, 0.15) is 5.82 Å². The highest BCUT2D eigenvalue weighted by Gasteiger charge is 2.17. The molecule has 0 unspecified atom stereocenters. The van der Waals surface area contributed by atoms with Crippen molar-refractivity contribution in [1.29, 1.82) is 0 Å². The van der Waals surface area contributed by atoms with Gasteiger partial charge in [0.25, 0.3) is 0 Å². The maximum Gasteiger partial charge on any atom is 0.142 e. The van der Waals surface area contributed by atoms with Gasteiger partial charge in [-0.2, -0.15) is 0 Å². The molecule has 18 heavy (non-hydrogen) atoms. The summed E-state index contributed by atoms with van der Waals surface area (Å²) in [6.07, 6.45) is 3.10. The molecule has 0 bridgehead atoms. The second kappa shape index (κ2) is 6.50. The lowest BCUT2D eigenvalue weighted by atomic mass is 10.3. The quantitative estimate of drug-likeness (QED) is 0.921. The first-order valence-electron chi connectivity index (χ1n) is 6.50. The molecule has 0 aliphatic carbocycles. The zero-order chi connectivity index (χ0) is 13.0. The molecule has 1 aliphatic heterocycles. The van der Waals surface area contributed by atoms with Crippen LogP contribution < -0.4 is 10.6 Å². The Balaban J connectivity index is 2.05. The summed E-state index contributed by atoms with van der Waals surface area (Å²) in [6.45, 7) is 8.09. The molecule has 0 aromatic carbocycles. The highest BCUT2D eigenvalue weighted by Crippen LogP contribution is 2.25. The topological polar surface area (TPSA) is 45.4 Å². The lowest BCUT2D eigenvalue weighted by molar-refractivity contribution is 0.302. The van der Waals surface area contributed by atoms with Crippen molar-refractivity contribution in [3.8, 4) is 0 Å². The third-order valence-electron chi connectivity index (χ3n) is 3.29.